The Morgan fingerprint density at radius 1 is 0.939 bits per heavy atom. The summed E-state index contributed by atoms with van der Waals surface area (Å²) in [6.07, 6.45) is -0.609. The Hall–Kier alpha value is -6.15. The van der Waals surface area contributed by atoms with Gasteiger partial charge in [0.1, 0.15) is 31.0 Å². The van der Waals surface area contributed by atoms with Crippen molar-refractivity contribution in [2.45, 2.75) is 69.2 Å². The van der Waals surface area contributed by atoms with Gasteiger partial charge >= 0.3 is 5.97 Å². The van der Waals surface area contributed by atoms with Crippen molar-refractivity contribution < 1.29 is 37.3 Å². The summed E-state index contributed by atoms with van der Waals surface area (Å²) in [5.74, 6) is -0.265. The summed E-state index contributed by atoms with van der Waals surface area (Å²) in [5, 5.41) is 26.7. The SMILES string of the molecule is Cc1nc(NCC(C)C)sc1S(=O)(=O)N1Cc2cc3c(cc2C[C@H]1C(=O)N[C@@H](Cc1ccc(-c2ccc(C#N)cc2)cc1)C(=O)O)OC[C@H](c1ccc(OCc2ccc(Cl)c(Cl)c2)cc1)O3. The quantitative estimate of drug-likeness (QED) is 0.0893. The highest BCUT2D eigenvalue weighted by Crippen LogP contribution is 2.43. The largest absolute Gasteiger partial charge is 0.489 e. The maximum Gasteiger partial charge on any atom is 0.326 e. The van der Waals surface area contributed by atoms with Gasteiger partial charge in [-0.1, -0.05) is 103 Å². The zero-order chi connectivity index (χ0) is 46.7. The van der Waals surface area contributed by atoms with Crippen molar-refractivity contribution in [1.82, 2.24) is 14.6 Å². The van der Waals surface area contributed by atoms with E-state index in [-0.39, 0.29) is 41.8 Å². The maximum atomic E-state index is 14.8. The lowest BCUT2D eigenvalue weighted by atomic mass is 9.94. The molecule has 0 saturated carbocycles. The van der Waals surface area contributed by atoms with Gasteiger partial charge in [0.25, 0.3) is 10.0 Å². The Bertz CT molecular complexity index is 2920. The molecule has 13 nitrogen and oxygen atoms in total. The fraction of sp³-hybridized carbons (Fsp3) is 0.265. The summed E-state index contributed by atoms with van der Waals surface area (Å²) in [7, 11) is -4.38. The van der Waals surface area contributed by atoms with Crippen molar-refractivity contribution in [2.75, 3.05) is 18.5 Å². The molecule has 2 aliphatic rings. The number of hydrogen-bond acceptors (Lipinski definition) is 11. The number of carbonyl (C=O) groups excluding carboxylic acids is 1. The zero-order valence-electron chi connectivity index (χ0n) is 36.1. The number of sulfonamides is 1. The van der Waals surface area contributed by atoms with Crippen molar-refractivity contribution in [2.24, 2.45) is 5.92 Å². The Labute approximate surface area is 396 Å². The van der Waals surface area contributed by atoms with E-state index in [2.05, 4.69) is 21.7 Å². The third kappa shape index (κ3) is 10.4. The summed E-state index contributed by atoms with van der Waals surface area (Å²) < 4.78 is 49.3. The average molecular weight is 967 g/mol. The third-order valence-corrected chi connectivity index (χ3v) is 15.6. The van der Waals surface area contributed by atoms with Crippen LogP contribution < -0.4 is 24.8 Å². The molecule has 3 N–H and O–H groups in total. The number of carbonyl (C=O) groups is 2. The molecule has 3 heterocycles. The lowest BCUT2D eigenvalue weighted by molar-refractivity contribution is -0.142. The second-order valence-corrected chi connectivity index (χ2v) is 20.4. The Morgan fingerprint density at radius 2 is 1.62 bits per heavy atom. The van der Waals surface area contributed by atoms with E-state index in [1.54, 1.807) is 55.5 Å². The van der Waals surface area contributed by atoms with Crippen molar-refractivity contribution in [3.63, 3.8) is 0 Å². The normalized spacial score (nSPS) is 16.2. The van der Waals surface area contributed by atoms with Crippen LogP contribution in [0.15, 0.2) is 107 Å². The van der Waals surface area contributed by atoms with Gasteiger partial charge in [0.05, 0.1) is 27.4 Å². The minimum atomic E-state index is -4.38. The van der Waals surface area contributed by atoms with Gasteiger partial charge in [-0.15, -0.1) is 0 Å². The number of nitrogens with one attached hydrogen (secondary N) is 2. The molecule has 66 heavy (non-hydrogen) atoms. The first-order chi connectivity index (χ1) is 31.6. The number of nitrogens with zero attached hydrogens (tertiary/aromatic N) is 3. The zero-order valence-corrected chi connectivity index (χ0v) is 39.2. The first-order valence-corrected chi connectivity index (χ1v) is 24.1. The highest BCUT2D eigenvalue weighted by Gasteiger charge is 2.43. The minimum absolute atomic E-state index is 0.0193. The monoisotopic (exact) mass is 965 g/mol. The second kappa shape index (κ2) is 19.8. The van der Waals surface area contributed by atoms with Crippen LogP contribution in [0.2, 0.25) is 10.0 Å². The molecule has 0 saturated heterocycles. The molecule has 8 rings (SSSR count). The number of nitriles is 1. The van der Waals surface area contributed by atoms with Gasteiger partial charge in [-0.05, 0) is 107 Å². The Morgan fingerprint density at radius 3 is 2.29 bits per heavy atom. The molecule has 0 fully saturated rings. The predicted molar refractivity (Wildman–Crippen MR) is 253 cm³/mol. The van der Waals surface area contributed by atoms with E-state index >= 15 is 0 Å². The molecule has 2 aliphatic heterocycles. The van der Waals surface area contributed by atoms with Gasteiger partial charge < -0.3 is 30.0 Å². The summed E-state index contributed by atoms with van der Waals surface area (Å²) in [6.45, 7) is 6.52. The van der Waals surface area contributed by atoms with Gasteiger partial charge in [-0.25, -0.2) is 18.2 Å². The van der Waals surface area contributed by atoms with Crippen LogP contribution in [0.25, 0.3) is 11.1 Å². The van der Waals surface area contributed by atoms with Crippen LogP contribution in [0.1, 0.15) is 59.0 Å². The van der Waals surface area contributed by atoms with Crippen LogP contribution in [0, 0.1) is 24.2 Å². The van der Waals surface area contributed by atoms with Gasteiger partial charge in [-0.2, -0.15) is 9.57 Å². The highest BCUT2D eigenvalue weighted by molar-refractivity contribution is 7.91. The van der Waals surface area contributed by atoms with E-state index in [0.29, 0.717) is 67.8 Å². The number of carboxylic acids is 1. The van der Waals surface area contributed by atoms with Gasteiger partial charge in [0.15, 0.2) is 26.9 Å². The number of thiazole rings is 1. The number of ether oxygens (including phenoxy) is 3. The fourth-order valence-electron chi connectivity index (χ4n) is 7.71. The van der Waals surface area contributed by atoms with Crippen LogP contribution in [-0.2, 0) is 45.6 Å². The van der Waals surface area contributed by atoms with E-state index in [9.17, 15) is 23.1 Å². The Balaban J connectivity index is 1.03. The molecule has 0 aliphatic carbocycles. The van der Waals surface area contributed by atoms with Crippen molar-refractivity contribution in [3.8, 4) is 34.4 Å². The smallest absolute Gasteiger partial charge is 0.326 e. The molecule has 1 aromatic heterocycles. The number of amides is 1. The van der Waals surface area contributed by atoms with Crippen LogP contribution in [0.3, 0.4) is 0 Å². The predicted octanol–water partition coefficient (Wildman–Crippen LogP) is 9.38. The number of halogens is 2. The standard InChI is InChI=1S/C49H45Cl2N5O8S2/c1-28(2)24-53-49-54-29(3)48(65-49)66(60,61)56-25-37-22-44-43(63-27-45(64-44)35-13-15-38(16-14-35)62-26-32-8-17-39(50)40(51)18-32)21-36(37)20-42(56)46(57)55-41(47(58)59)19-30-4-9-33(10-5-30)34-11-6-31(23-52)7-12-34/h4-18,21-22,28,41-42,45H,19-20,24-27H2,1-3H3,(H,53,54)(H,55,57)(H,58,59)/t41-,42-,45+/m0/s1. The molecule has 3 atom stereocenters. The van der Waals surface area contributed by atoms with Gasteiger partial charge in [-0.3, -0.25) is 4.79 Å². The number of benzene rings is 5. The number of rotatable bonds is 15. The van der Waals surface area contributed by atoms with E-state index in [4.69, 9.17) is 42.7 Å². The molecule has 0 unspecified atom stereocenters. The van der Waals surface area contributed by atoms with E-state index < -0.39 is 40.1 Å². The van der Waals surface area contributed by atoms with Crippen molar-refractivity contribution in [3.05, 3.63) is 152 Å². The third-order valence-electron chi connectivity index (χ3n) is 11.3. The van der Waals surface area contributed by atoms with E-state index in [1.165, 1.54) is 0 Å². The second-order valence-electron chi connectivity index (χ2n) is 16.5. The maximum absolute atomic E-state index is 14.8. The molecule has 6 aromatic rings. The summed E-state index contributed by atoms with van der Waals surface area (Å²) in [5.41, 5.74) is 6.18. The lowest BCUT2D eigenvalue weighted by Crippen LogP contribution is -2.55. The van der Waals surface area contributed by atoms with E-state index in [1.807, 2.05) is 68.4 Å². The molecule has 0 bridgehead atoms. The molecule has 5 aromatic carbocycles. The molecule has 1 amide bonds. The Kier molecular flexibility index (Phi) is 13.9. The van der Waals surface area contributed by atoms with Crippen molar-refractivity contribution >= 4 is 61.6 Å². The molecule has 0 radical (unpaired) electrons. The first-order valence-electron chi connectivity index (χ1n) is 21.1. The molecular weight excluding hydrogens is 922 g/mol. The summed E-state index contributed by atoms with van der Waals surface area (Å²) >= 11 is 13.2. The van der Waals surface area contributed by atoms with Crippen LogP contribution in [0.4, 0.5) is 5.13 Å². The molecule has 17 heteroatoms. The van der Waals surface area contributed by atoms with Crippen molar-refractivity contribution in [1.29, 1.82) is 5.26 Å². The number of aryl methyl sites for hydroxylation is 1. The number of aliphatic carboxylic acids is 1. The fourth-order valence-corrected chi connectivity index (χ4v) is 11.1. The van der Waals surface area contributed by atoms with E-state index in [0.717, 1.165) is 37.9 Å². The number of aromatic nitrogens is 1. The molecule has 0 spiro atoms. The number of carboxylic acid groups (broad SMARTS) is 1. The first kappa shape index (κ1) is 46.4. The number of anilines is 1. The minimum Gasteiger partial charge on any atom is -0.489 e. The van der Waals surface area contributed by atoms with Gasteiger partial charge in [0, 0.05) is 19.5 Å². The highest BCUT2D eigenvalue weighted by atomic mass is 35.5. The lowest BCUT2D eigenvalue weighted by Gasteiger charge is -2.36. The van der Waals surface area contributed by atoms with Crippen LogP contribution in [0.5, 0.6) is 17.2 Å². The average Bonchev–Trinajstić information content (AvgIpc) is 3.71. The molecule has 340 valence electrons. The summed E-state index contributed by atoms with van der Waals surface area (Å²) in [6, 6.07) is 30.0. The molecular formula is C49H45Cl2N5O8S2. The van der Waals surface area contributed by atoms with Crippen LogP contribution in [-0.4, -0.2) is 59.9 Å². The number of fused-ring (bicyclic) bond motifs is 2. The van der Waals surface area contributed by atoms with Gasteiger partial charge in [0.2, 0.25) is 5.91 Å². The topological polar surface area (TPSA) is 180 Å². The summed E-state index contributed by atoms with van der Waals surface area (Å²) in [4.78, 5) is 31.6. The number of hydrogen-bond donors (Lipinski definition) is 3. The van der Waals surface area contributed by atoms with Crippen LogP contribution >= 0.6 is 34.5 Å².